The minimum atomic E-state index is -0.341. The summed E-state index contributed by atoms with van der Waals surface area (Å²) < 4.78 is 13.1. The van der Waals surface area contributed by atoms with Crippen molar-refractivity contribution in [3.63, 3.8) is 0 Å². The molecular formula is C19H21FN6. The summed E-state index contributed by atoms with van der Waals surface area (Å²) in [7, 11) is 3.94. The second-order valence-electron chi connectivity index (χ2n) is 6.37. The number of nitrogens with zero attached hydrogens (tertiary/aromatic N) is 3. The van der Waals surface area contributed by atoms with Gasteiger partial charge in [-0.05, 0) is 63.5 Å². The zero-order chi connectivity index (χ0) is 18.8. The average Bonchev–Trinajstić information content (AvgIpc) is 3.11. The molecule has 0 aliphatic rings. The maximum Gasteiger partial charge on any atom is 0.181 e. The highest BCUT2D eigenvalue weighted by molar-refractivity contribution is 6.14. The van der Waals surface area contributed by atoms with Gasteiger partial charge in [-0.15, -0.1) is 0 Å². The van der Waals surface area contributed by atoms with E-state index in [0.717, 1.165) is 11.4 Å². The molecule has 26 heavy (non-hydrogen) atoms. The van der Waals surface area contributed by atoms with E-state index in [1.165, 1.54) is 12.1 Å². The number of hydrogen-bond donors (Lipinski definition) is 3. The predicted molar refractivity (Wildman–Crippen MR) is 101 cm³/mol. The van der Waals surface area contributed by atoms with Gasteiger partial charge < -0.3 is 5.73 Å². The van der Waals surface area contributed by atoms with Crippen molar-refractivity contribution in [1.29, 1.82) is 5.41 Å². The standard InChI is InChI=1S/C19H21FN6/c1-11(26(2)3)18-23-19(25-24-18)13-6-9-16(21)15(10-13)17(22)12-4-7-14(20)8-5-12/h4-11,22H,21H2,1-3H3,(H,23,24,25). The first kappa shape index (κ1) is 17.8. The Labute approximate surface area is 151 Å². The van der Waals surface area contributed by atoms with Crippen LogP contribution in [0.5, 0.6) is 0 Å². The van der Waals surface area contributed by atoms with E-state index in [2.05, 4.69) is 15.2 Å². The highest BCUT2D eigenvalue weighted by atomic mass is 19.1. The maximum atomic E-state index is 13.1. The van der Waals surface area contributed by atoms with Gasteiger partial charge >= 0.3 is 0 Å². The third kappa shape index (κ3) is 3.48. The Bertz CT molecular complexity index is 929. The lowest BCUT2D eigenvalue weighted by atomic mass is 9.98. The molecule has 1 atom stereocenters. The van der Waals surface area contributed by atoms with Crippen molar-refractivity contribution in [2.45, 2.75) is 13.0 Å². The largest absolute Gasteiger partial charge is 0.398 e. The summed E-state index contributed by atoms with van der Waals surface area (Å²) in [6.07, 6.45) is 0. The van der Waals surface area contributed by atoms with Crippen LogP contribution in [0.2, 0.25) is 0 Å². The van der Waals surface area contributed by atoms with E-state index < -0.39 is 0 Å². The molecule has 0 aliphatic carbocycles. The van der Waals surface area contributed by atoms with Crippen molar-refractivity contribution in [2.24, 2.45) is 0 Å². The normalized spacial score (nSPS) is 12.3. The number of hydrogen-bond acceptors (Lipinski definition) is 5. The molecule has 1 aromatic heterocycles. The van der Waals surface area contributed by atoms with Gasteiger partial charge in [-0.25, -0.2) is 9.37 Å². The fourth-order valence-electron chi connectivity index (χ4n) is 2.52. The highest BCUT2D eigenvalue weighted by Crippen LogP contribution is 2.25. The summed E-state index contributed by atoms with van der Waals surface area (Å²) in [6.45, 7) is 2.03. The lowest BCUT2D eigenvalue weighted by molar-refractivity contribution is 0.309. The Hall–Kier alpha value is -3.06. The van der Waals surface area contributed by atoms with Gasteiger partial charge in [0.05, 0.1) is 11.8 Å². The van der Waals surface area contributed by atoms with Crippen LogP contribution in [-0.2, 0) is 0 Å². The topological polar surface area (TPSA) is 94.7 Å². The van der Waals surface area contributed by atoms with Crippen molar-refractivity contribution in [1.82, 2.24) is 20.1 Å². The van der Waals surface area contributed by atoms with Crippen LogP contribution >= 0.6 is 0 Å². The maximum absolute atomic E-state index is 13.1. The van der Waals surface area contributed by atoms with E-state index in [1.54, 1.807) is 24.3 Å². The molecule has 4 N–H and O–H groups in total. The zero-order valence-corrected chi connectivity index (χ0v) is 14.9. The molecule has 0 spiro atoms. The Morgan fingerprint density at radius 1 is 1.19 bits per heavy atom. The third-order valence-corrected chi connectivity index (χ3v) is 4.39. The molecule has 0 amide bonds. The summed E-state index contributed by atoms with van der Waals surface area (Å²) in [5.41, 5.74) is 8.66. The molecule has 0 aliphatic heterocycles. The molecule has 3 aromatic rings. The molecule has 1 heterocycles. The lowest BCUT2D eigenvalue weighted by Gasteiger charge is -2.16. The van der Waals surface area contributed by atoms with E-state index in [0.29, 0.717) is 22.6 Å². The lowest BCUT2D eigenvalue weighted by Crippen LogP contribution is -2.17. The van der Waals surface area contributed by atoms with Crippen molar-refractivity contribution < 1.29 is 4.39 Å². The number of H-pyrrole nitrogens is 1. The number of aromatic nitrogens is 3. The van der Waals surface area contributed by atoms with Crippen LogP contribution in [0.1, 0.15) is 29.9 Å². The van der Waals surface area contributed by atoms with Gasteiger partial charge in [0.1, 0.15) is 11.6 Å². The van der Waals surface area contributed by atoms with E-state index in [-0.39, 0.29) is 17.6 Å². The highest BCUT2D eigenvalue weighted by Gasteiger charge is 2.16. The molecule has 6 nitrogen and oxygen atoms in total. The molecule has 0 saturated heterocycles. The summed E-state index contributed by atoms with van der Waals surface area (Å²) in [5, 5.41) is 15.7. The molecule has 3 rings (SSSR count). The van der Waals surface area contributed by atoms with Crippen LogP contribution in [0, 0.1) is 11.2 Å². The van der Waals surface area contributed by atoms with Crippen LogP contribution < -0.4 is 5.73 Å². The van der Waals surface area contributed by atoms with Crippen LogP contribution in [0.25, 0.3) is 11.4 Å². The molecule has 0 radical (unpaired) electrons. The van der Waals surface area contributed by atoms with Gasteiger partial charge in [0, 0.05) is 22.4 Å². The van der Waals surface area contributed by atoms with Crippen molar-refractivity contribution in [2.75, 3.05) is 19.8 Å². The first-order valence-electron chi connectivity index (χ1n) is 8.20. The van der Waals surface area contributed by atoms with Gasteiger partial charge in [-0.1, -0.05) is 0 Å². The molecular weight excluding hydrogens is 331 g/mol. The van der Waals surface area contributed by atoms with E-state index in [9.17, 15) is 4.39 Å². The van der Waals surface area contributed by atoms with Gasteiger partial charge in [-0.2, -0.15) is 5.10 Å². The zero-order valence-electron chi connectivity index (χ0n) is 14.9. The smallest absolute Gasteiger partial charge is 0.181 e. The molecule has 0 fully saturated rings. The summed E-state index contributed by atoms with van der Waals surface area (Å²) in [6, 6.07) is 11.2. The Balaban J connectivity index is 1.95. The Kier molecular flexibility index (Phi) is 4.81. The van der Waals surface area contributed by atoms with Gasteiger partial charge in [0.15, 0.2) is 5.82 Å². The molecule has 2 aromatic carbocycles. The fraction of sp³-hybridized carbons (Fsp3) is 0.211. The quantitative estimate of drug-likeness (QED) is 0.485. The summed E-state index contributed by atoms with van der Waals surface area (Å²) in [5.74, 6) is 0.963. The second-order valence-corrected chi connectivity index (χ2v) is 6.37. The summed E-state index contributed by atoms with van der Waals surface area (Å²) in [4.78, 5) is 6.58. The van der Waals surface area contributed by atoms with Crippen LogP contribution in [0.4, 0.5) is 10.1 Å². The molecule has 134 valence electrons. The minimum Gasteiger partial charge on any atom is -0.398 e. The predicted octanol–water partition coefficient (Wildman–Crippen LogP) is 3.23. The molecule has 0 saturated carbocycles. The van der Waals surface area contributed by atoms with E-state index in [1.807, 2.05) is 32.0 Å². The van der Waals surface area contributed by atoms with Crippen molar-refractivity contribution >= 4 is 11.4 Å². The van der Waals surface area contributed by atoms with Gasteiger partial charge in [0.2, 0.25) is 0 Å². The first-order valence-corrected chi connectivity index (χ1v) is 8.20. The van der Waals surface area contributed by atoms with Crippen LogP contribution in [0.3, 0.4) is 0 Å². The number of anilines is 1. The SMILES string of the molecule is CC(c1nc(-c2ccc(N)c(C(=N)c3ccc(F)cc3)c2)n[nH]1)N(C)C. The number of nitrogens with one attached hydrogen (secondary N) is 2. The minimum absolute atomic E-state index is 0.0991. The number of rotatable bonds is 5. The van der Waals surface area contributed by atoms with E-state index >= 15 is 0 Å². The molecule has 7 heteroatoms. The van der Waals surface area contributed by atoms with Gasteiger partial charge in [-0.3, -0.25) is 15.4 Å². The van der Waals surface area contributed by atoms with Gasteiger partial charge in [0.25, 0.3) is 0 Å². The number of nitrogen functional groups attached to an aromatic ring is 1. The first-order chi connectivity index (χ1) is 12.4. The van der Waals surface area contributed by atoms with E-state index in [4.69, 9.17) is 11.1 Å². The number of halogens is 1. The van der Waals surface area contributed by atoms with Crippen molar-refractivity contribution in [3.05, 3.63) is 65.2 Å². The van der Waals surface area contributed by atoms with Crippen LogP contribution in [-0.4, -0.2) is 39.9 Å². The average molecular weight is 352 g/mol. The second kappa shape index (κ2) is 7.05. The third-order valence-electron chi connectivity index (χ3n) is 4.39. The van der Waals surface area contributed by atoms with Crippen molar-refractivity contribution in [3.8, 4) is 11.4 Å². The summed E-state index contributed by atoms with van der Waals surface area (Å²) >= 11 is 0. The van der Waals surface area contributed by atoms with Crippen LogP contribution in [0.15, 0.2) is 42.5 Å². The number of nitrogens with two attached hydrogens (primary N) is 1. The number of aromatic amines is 1. The monoisotopic (exact) mass is 352 g/mol. The fourth-order valence-corrected chi connectivity index (χ4v) is 2.52. The Morgan fingerprint density at radius 2 is 1.88 bits per heavy atom. The number of benzene rings is 2. The Morgan fingerprint density at radius 3 is 2.54 bits per heavy atom. The molecule has 1 unspecified atom stereocenters. The molecule has 0 bridgehead atoms.